The summed E-state index contributed by atoms with van der Waals surface area (Å²) in [6.45, 7) is -1.78. The minimum absolute atomic E-state index is 0.195. The second-order valence-corrected chi connectivity index (χ2v) is 7.90. The lowest BCUT2D eigenvalue weighted by molar-refractivity contribution is -0.146. The topological polar surface area (TPSA) is 90.0 Å². The highest BCUT2D eigenvalue weighted by molar-refractivity contribution is 6.09. The number of halogens is 3. The predicted octanol–water partition coefficient (Wildman–Crippen LogP) is 1.25. The Hall–Kier alpha value is -2.33. The average Bonchev–Trinajstić information content (AvgIpc) is 3.23. The van der Waals surface area contributed by atoms with E-state index in [2.05, 4.69) is 0 Å². The molecule has 0 bridgehead atoms. The van der Waals surface area contributed by atoms with Crippen molar-refractivity contribution < 1.29 is 32.3 Å². The molecular formula is C18H25F3N4O4. The number of likely N-dealkylation sites (N-methyl/N-ethyl adjacent to an activating group) is 1. The second-order valence-electron chi connectivity index (χ2n) is 7.90. The third-order valence-electron chi connectivity index (χ3n) is 6.12. The molecule has 2 saturated heterocycles. The molecule has 1 N–H and O–H groups in total. The van der Waals surface area contributed by atoms with Crippen molar-refractivity contribution in [3.63, 3.8) is 0 Å². The van der Waals surface area contributed by atoms with E-state index in [1.165, 1.54) is 4.90 Å². The maximum Gasteiger partial charge on any atom is 0.405 e. The van der Waals surface area contributed by atoms with Gasteiger partial charge in [0.15, 0.2) is 0 Å². The Bertz CT molecular complexity index is 706. The van der Waals surface area contributed by atoms with Gasteiger partial charge in [0.05, 0.1) is 0 Å². The number of carbonyl (C=O) groups is 4. The van der Waals surface area contributed by atoms with Gasteiger partial charge < -0.3 is 15.1 Å². The fourth-order valence-electron chi connectivity index (χ4n) is 4.54. The highest BCUT2D eigenvalue weighted by Gasteiger charge is 2.56. The van der Waals surface area contributed by atoms with Gasteiger partial charge in [-0.25, -0.2) is 4.79 Å². The van der Waals surface area contributed by atoms with E-state index in [1.54, 1.807) is 12.4 Å². The van der Waals surface area contributed by atoms with Crippen molar-refractivity contribution in [2.45, 2.75) is 62.7 Å². The molecule has 5 amide bonds. The van der Waals surface area contributed by atoms with Gasteiger partial charge in [-0.3, -0.25) is 19.3 Å². The summed E-state index contributed by atoms with van der Waals surface area (Å²) in [4.78, 5) is 53.9. The number of likely N-dealkylation sites (tertiary alicyclic amines) is 1. The van der Waals surface area contributed by atoms with E-state index in [9.17, 15) is 32.3 Å². The number of hydrogen-bond acceptors (Lipinski definition) is 4. The fourth-order valence-corrected chi connectivity index (χ4v) is 4.54. The molecule has 2 aliphatic heterocycles. The molecule has 1 atom stereocenters. The Morgan fingerprint density at radius 2 is 1.79 bits per heavy atom. The van der Waals surface area contributed by atoms with Gasteiger partial charge in [0.2, 0.25) is 11.8 Å². The maximum absolute atomic E-state index is 13.0. The number of alkyl halides is 3. The van der Waals surface area contributed by atoms with Gasteiger partial charge in [-0.05, 0) is 25.7 Å². The van der Waals surface area contributed by atoms with Gasteiger partial charge >= 0.3 is 12.2 Å². The van der Waals surface area contributed by atoms with Crippen molar-refractivity contribution in [3.05, 3.63) is 0 Å². The van der Waals surface area contributed by atoms with Crippen LogP contribution in [0.1, 0.15) is 44.9 Å². The monoisotopic (exact) mass is 418 g/mol. The standard InChI is InChI=1S/C18H25F3N4O4/c1-23-16(29)25(15(28)17(23)7-3-2-4-8-17)10-13(26)24-9-5-6-12(24)14(27)22-11-18(19,20)21/h12H,2-11H2,1H3,(H,22,27). The van der Waals surface area contributed by atoms with Gasteiger partial charge in [0.25, 0.3) is 5.91 Å². The number of rotatable bonds is 4. The number of nitrogens with zero attached hydrogens (tertiary/aromatic N) is 3. The van der Waals surface area contributed by atoms with Gasteiger partial charge in [-0.1, -0.05) is 19.3 Å². The van der Waals surface area contributed by atoms with Crippen LogP contribution in [-0.2, 0) is 14.4 Å². The molecule has 8 nitrogen and oxygen atoms in total. The van der Waals surface area contributed by atoms with Gasteiger partial charge in [-0.15, -0.1) is 0 Å². The van der Waals surface area contributed by atoms with Crippen molar-refractivity contribution in [2.24, 2.45) is 0 Å². The number of carbonyl (C=O) groups excluding carboxylic acids is 4. The molecule has 3 aliphatic rings. The molecule has 0 aromatic heterocycles. The van der Waals surface area contributed by atoms with E-state index in [0.717, 1.165) is 29.1 Å². The number of hydrogen-bond donors (Lipinski definition) is 1. The molecule has 3 fully saturated rings. The average molecular weight is 418 g/mol. The Balaban J connectivity index is 1.66. The van der Waals surface area contributed by atoms with Crippen molar-refractivity contribution in [3.8, 4) is 0 Å². The van der Waals surface area contributed by atoms with Gasteiger partial charge in [-0.2, -0.15) is 13.2 Å². The van der Waals surface area contributed by atoms with Crippen LogP contribution in [0.5, 0.6) is 0 Å². The first-order valence-electron chi connectivity index (χ1n) is 9.80. The highest BCUT2D eigenvalue weighted by Crippen LogP contribution is 2.39. The van der Waals surface area contributed by atoms with Crippen LogP contribution in [-0.4, -0.2) is 82.9 Å². The minimum atomic E-state index is -4.55. The summed E-state index contributed by atoms with van der Waals surface area (Å²) in [5.41, 5.74) is -0.913. The SMILES string of the molecule is CN1C(=O)N(CC(=O)N2CCCC2C(=O)NCC(F)(F)F)C(=O)C12CCCCC2. The molecular weight excluding hydrogens is 393 g/mol. The smallest absolute Gasteiger partial charge is 0.345 e. The predicted molar refractivity (Wildman–Crippen MR) is 94.5 cm³/mol. The quantitative estimate of drug-likeness (QED) is 0.696. The second kappa shape index (κ2) is 7.83. The highest BCUT2D eigenvalue weighted by atomic mass is 19.4. The summed E-state index contributed by atoms with van der Waals surface area (Å²) in [5, 5.41) is 1.80. The normalized spacial score (nSPS) is 24.6. The summed E-state index contributed by atoms with van der Waals surface area (Å²) in [7, 11) is 1.55. The van der Waals surface area contributed by atoms with E-state index in [4.69, 9.17) is 0 Å². The molecule has 2 heterocycles. The number of amides is 5. The van der Waals surface area contributed by atoms with E-state index in [0.29, 0.717) is 19.3 Å². The Morgan fingerprint density at radius 3 is 2.41 bits per heavy atom. The molecule has 11 heteroatoms. The van der Waals surface area contributed by atoms with Crippen LogP contribution < -0.4 is 5.32 Å². The molecule has 0 aromatic rings. The summed E-state index contributed by atoms with van der Waals surface area (Å²) >= 11 is 0. The van der Waals surface area contributed by atoms with Gasteiger partial charge in [0.1, 0.15) is 24.7 Å². The van der Waals surface area contributed by atoms with Crippen LogP contribution in [0.3, 0.4) is 0 Å². The lowest BCUT2D eigenvalue weighted by Crippen LogP contribution is -2.52. The Labute approximate surface area is 166 Å². The zero-order valence-corrected chi connectivity index (χ0v) is 16.3. The summed E-state index contributed by atoms with van der Waals surface area (Å²) < 4.78 is 37.0. The van der Waals surface area contributed by atoms with Crippen LogP contribution in [0.2, 0.25) is 0 Å². The van der Waals surface area contributed by atoms with E-state index in [-0.39, 0.29) is 13.0 Å². The molecule has 29 heavy (non-hydrogen) atoms. The first-order chi connectivity index (χ1) is 13.6. The van der Waals surface area contributed by atoms with Gasteiger partial charge in [0, 0.05) is 13.6 Å². The van der Waals surface area contributed by atoms with Crippen molar-refractivity contribution in [2.75, 3.05) is 26.7 Å². The number of nitrogens with one attached hydrogen (secondary N) is 1. The third-order valence-corrected chi connectivity index (χ3v) is 6.12. The summed E-state index contributed by atoms with van der Waals surface area (Å²) in [5.74, 6) is -1.90. The lowest BCUT2D eigenvalue weighted by atomic mass is 9.81. The van der Waals surface area contributed by atoms with Crippen LogP contribution in [0.25, 0.3) is 0 Å². The molecule has 162 valence electrons. The third kappa shape index (κ3) is 4.04. The van der Waals surface area contributed by atoms with Crippen LogP contribution >= 0.6 is 0 Å². The van der Waals surface area contributed by atoms with Crippen molar-refractivity contribution >= 4 is 23.8 Å². The summed E-state index contributed by atoms with van der Waals surface area (Å²) in [6, 6.07) is -1.58. The maximum atomic E-state index is 13.0. The molecule has 1 aliphatic carbocycles. The molecule has 3 rings (SSSR count). The zero-order valence-electron chi connectivity index (χ0n) is 16.3. The van der Waals surface area contributed by atoms with E-state index >= 15 is 0 Å². The molecule has 0 aromatic carbocycles. The molecule has 0 radical (unpaired) electrons. The Kier molecular flexibility index (Phi) is 5.77. The van der Waals surface area contributed by atoms with Crippen molar-refractivity contribution in [1.29, 1.82) is 0 Å². The number of imide groups is 1. The molecule has 1 saturated carbocycles. The number of urea groups is 1. The summed E-state index contributed by atoms with van der Waals surface area (Å²) in [6.07, 6.45) is -0.134. The van der Waals surface area contributed by atoms with Crippen LogP contribution in [0.4, 0.5) is 18.0 Å². The van der Waals surface area contributed by atoms with Crippen LogP contribution in [0.15, 0.2) is 0 Å². The van der Waals surface area contributed by atoms with E-state index in [1.807, 2.05) is 0 Å². The minimum Gasteiger partial charge on any atom is -0.345 e. The lowest BCUT2D eigenvalue weighted by Gasteiger charge is -2.35. The Morgan fingerprint density at radius 1 is 1.14 bits per heavy atom. The van der Waals surface area contributed by atoms with Crippen molar-refractivity contribution in [1.82, 2.24) is 20.0 Å². The molecule has 1 unspecified atom stereocenters. The first-order valence-corrected chi connectivity index (χ1v) is 9.80. The zero-order chi connectivity index (χ0) is 21.4. The van der Waals surface area contributed by atoms with E-state index < -0.39 is 54.6 Å². The van der Waals surface area contributed by atoms with Crippen LogP contribution in [0, 0.1) is 0 Å². The fraction of sp³-hybridized carbons (Fsp3) is 0.778. The first kappa shape index (κ1) is 21.4. The largest absolute Gasteiger partial charge is 0.405 e. The molecule has 1 spiro atoms.